The zero-order valence-electron chi connectivity index (χ0n) is 28.3. The molecule has 1 aliphatic heterocycles. The van der Waals surface area contributed by atoms with E-state index in [9.17, 15) is 24.3 Å². The van der Waals surface area contributed by atoms with E-state index in [2.05, 4.69) is 22.5 Å². The van der Waals surface area contributed by atoms with Crippen LogP contribution in [0.1, 0.15) is 65.3 Å². The van der Waals surface area contributed by atoms with Crippen molar-refractivity contribution in [1.29, 1.82) is 0 Å². The van der Waals surface area contributed by atoms with Crippen molar-refractivity contribution in [2.24, 2.45) is 11.3 Å². The van der Waals surface area contributed by atoms with Crippen LogP contribution in [0.2, 0.25) is 0 Å². The van der Waals surface area contributed by atoms with Gasteiger partial charge in [-0.2, -0.15) is 15.0 Å². The Morgan fingerprint density at radius 2 is 1.53 bits per heavy atom. The molecule has 4 N–H and O–H groups in total. The number of carbonyl (C=O) groups is 4. The minimum absolute atomic E-state index is 0.0532. The lowest BCUT2D eigenvalue weighted by Gasteiger charge is -2.35. The Bertz CT molecular complexity index is 1660. The van der Waals surface area contributed by atoms with Gasteiger partial charge < -0.3 is 26.0 Å². The fraction of sp³-hybridized carbons (Fsp3) is 0.459. The zero-order chi connectivity index (χ0) is 34.9. The summed E-state index contributed by atoms with van der Waals surface area (Å²) in [6.07, 6.45) is 5.76. The van der Waals surface area contributed by atoms with E-state index in [-0.39, 0.29) is 25.4 Å². The van der Waals surface area contributed by atoms with Gasteiger partial charge in [0.25, 0.3) is 0 Å². The number of rotatable bonds is 10. The second kappa shape index (κ2) is 13.5. The maximum atomic E-state index is 14.5. The van der Waals surface area contributed by atoms with E-state index in [4.69, 9.17) is 10.2 Å². The van der Waals surface area contributed by atoms with Crippen molar-refractivity contribution in [3.05, 3.63) is 73.3 Å². The molecule has 1 aromatic heterocycles. The van der Waals surface area contributed by atoms with E-state index in [1.54, 1.807) is 4.80 Å². The van der Waals surface area contributed by atoms with Crippen molar-refractivity contribution >= 4 is 23.8 Å². The molecular weight excluding hydrogens is 622 g/mol. The van der Waals surface area contributed by atoms with E-state index in [0.717, 1.165) is 36.8 Å². The Morgan fingerprint density at radius 1 is 0.959 bits per heavy atom. The summed E-state index contributed by atoms with van der Waals surface area (Å²) in [7, 11) is 0. The molecule has 12 nitrogen and oxygen atoms in total. The van der Waals surface area contributed by atoms with Gasteiger partial charge in [-0.05, 0) is 24.7 Å². The van der Waals surface area contributed by atoms with Crippen molar-refractivity contribution in [3.63, 3.8) is 0 Å². The highest BCUT2D eigenvalue weighted by Gasteiger charge is 2.61. The molecule has 0 spiro atoms. The number of urea groups is 1. The van der Waals surface area contributed by atoms with Crippen molar-refractivity contribution in [2.75, 3.05) is 6.54 Å². The Balaban J connectivity index is 1.34. The van der Waals surface area contributed by atoms with Gasteiger partial charge in [-0.1, -0.05) is 100 Å². The topological polar surface area (TPSA) is 159 Å². The number of hydrogen-bond donors (Lipinski definition) is 4. The van der Waals surface area contributed by atoms with Crippen LogP contribution in [0.25, 0.3) is 22.5 Å². The summed E-state index contributed by atoms with van der Waals surface area (Å²) in [5, 5.41) is 28.5. The predicted molar refractivity (Wildman–Crippen MR) is 184 cm³/mol. The first-order valence-corrected chi connectivity index (χ1v) is 17.0. The highest BCUT2D eigenvalue weighted by atomic mass is 16.4. The van der Waals surface area contributed by atoms with Crippen molar-refractivity contribution in [3.8, 4) is 22.5 Å². The minimum atomic E-state index is -1.47. The van der Waals surface area contributed by atoms with E-state index in [1.165, 1.54) is 11.0 Å². The number of carboxylic acid groups (broad SMARTS) is 1. The molecule has 2 aromatic carbocycles. The number of hydrogen-bond acceptors (Lipinski definition) is 6. The number of carbonyl (C=O) groups excluding carboxylic acids is 3. The number of carboxylic acids is 1. The lowest BCUT2D eigenvalue weighted by atomic mass is 9.85. The quantitative estimate of drug-likeness (QED) is 0.231. The predicted octanol–water partition coefficient (Wildman–Crippen LogP) is 4.56. The molecule has 6 rings (SSSR count). The third-order valence-electron chi connectivity index (χ3n) is 10.0. The normalized spacial score (nSPS) is 24.2. The van der Waals surface area contributed by atoms with Crippen LogP contribution in [0.3, 0.4) is 0 Å². The summed E-state index contributed by atoms with van der Waals surface area (Å²) in [6.45, 7) is 9.39. The summed E-state index contributed by atoms with van der Waals surface area (Å²) < 4.78 is 0. The van der Waals surface area contributed by atoms with Crippen LogP contribution in [-0.4, -0.2) is 79.0 Å². The molecular formula is C37H45N7O5. The SMILES string of the molecule is C=CC1CC1(NC(=O)C1CC(n2nc(-c3ccccc3)c(-c3ccccc3)n2)CN1C(=O)C(NC(=O)NC1CCCC1)C(C)(C)C)C(=O)O. The summed E-state index contributed by atoms with van der Waals surface area (Å²) in [5.41, 5.74) is 0.871. The molecule has 12 heteroatoms. The zero-order valence-corrected chi connectivity index (χ0v) is 28.3. The number of benzene rings is 2. The van der Waals surface area contributed by atoms with Crippen LogP contribution >= 0.6 is 0 Å². The summed E-state index contributed by atoms with van der Waals surface area (Å²) >= 11 is 0. The highest BCUT2D eigenvalue weighted by molar-refractivity contribution is 5.96. The van der Waals surface area contributed by atoms with Crippen molar-refractivity contribution < 1.29 is 24.3 Å². The van der Waals surface area contributed by atoms with Gasteiger partial charge in [0.2, 0.25) is 11.8 Å². The maximum Gasteiger partial charge on any atom is 0.330 e. The third-order valence-corrected chi connectivity index (χ3v) is 10.0. The van der Waals surface area contributed by atoms with E-state index in [0.29, 0.717) is 11.4 Å². The van der Waals surface area contributed by atoms with Crippen LogP contribution in [0.15, 0.2) is 73.3 Å². The molecule has 2 heterocycles. The molecule has 1 saturated heterocycles. The average Bonchev–Trinajstić information content (AvgIpc) is 3.50. The molecule has 0 radical (unpaired) electrons. The molecule has 49 heavy (non-hydrogen) atoms. The number of likely N-dealkylation sites (tertiary alicyclic amines) is 1. The molecule has 3 fully saturated rings. The van der Waals surface area contributed by atoms with E-state index in [1.807, 2.05) is 81.4 Å². The van der Waals surface area contributed by atoms with Crippen LogP contribution in [0.4, 0.5) is 4.79 Å². The van der Waals surface area contributed by atoms with Gasteiger partial charge in [-0.25, -0.2) is 9.59 Å². The second-order valence-electron chi connectivity index (χ2n) is 14.6. The Hall–Kier alpha value is -5.00. The molecule has 2 aliphatic carbocycles. The van der Waals surface area contributed by atoms with Crippen molar-refractivity contribution in [1.82, 2.24) is 35.8 Å². The smallest absolute Gasteiger partial charge is 0.330 e. The average molecular weight is 668 g/mol. The molecule has 5 unspecified atom stereocenters. The van der Waals surface area contributed by atoms with Gasteiger partial charge in [0.1, 0.15) is 29.0 Å². The standard InChI is InChI=1S/C37H45N7O5/c1-5-25-21-37(25,34(47)48)40-32(45)28-20-27(22-43(28)33(46)31(36(2,3)4)39-35(49)38-26-18-12-13-19-26)44-41-29(23-14-8-6-9-15-23)30(42-44)24-16-10-7-11-17-24/h5-11,14-17,25-28,31H,1,12-13,18-22H2,2-4H3,(H,40,45)(H,47,48)(H2,38,39,49). The van der Waals surface area contributed by atoms with Crippen LogP contribution in [0, 0.1) is 11.3 Å². The van der Waals surface area contributed by atoms with E-state index >= 15 is 0 Å². The van der Waals surface area contributed by atoms with Gasteiger partial charge in [0.05, 0.1) is 6.04 Å². The number of nitrogens with zero attached hydrogens (tertiary/aromatic N) is 4. The first-order valence-electron chi connectivity index (χ1n) is 17.0. The molecule has 3 aliphatic rings. The maximum absolute atomic E-state index is 14.5. The summed E-state index contributed by atoms with van der Waals surface area (Å²) in [4.78, 5) is 57.1. The van der Waals surface area contributed by atoms with Gasteiger partial charge in [-0.3, -0.25) is 9.59 Å². The van der Waals surface area contributed by atoms with Crippen molar-refractivity contribution in [2.45, 2.75) is 89.0 Å². The first kappa shape index (κ1) is 33.9. The van der Waals surface area contributed by atoms with Gasteiger partial charge >= 0.3 is 12.0 Å². The van der Waals surface area contributed by atoms with Crippen LogP contribution in [-0.2, 0) is 14.4 Å². The Morgan fingerprint density at radius 3 is 2.02 bits per heavy atom. The fourth-order valence-corrected chi connectivity index (χ4v) is 7.10. The molecule has 2 saturated carbocycles. The Kier molecular flexibility index (Phi) is 9.32. The Labute approximate surface area is 286 Å². The number of amides is 4. The van der Waals surface area contributed by atoms with Gasteiger partial charge in [0, 0.05) is 36.1 Å². The second-order valence-corrected chi connectivity index (χ2v) is 14.6. The number of nitrogens with one attached hydrogen (secondary N) is 3. The number of aromatic nitrogens is 3. The van der Waals surface area contributed by atoms with E-state index < -0.39 is 58.8 Å². The molecule has 0 bridgehead atoms. The molecule has 258 valence electrons. The van der Waals surface area contributed by atoms with Crippen LogP contribution in [0.5, 0.6) is 0 Å². The third kappa shape index (κ3) is 6.95. The molecule has 5 atom stereocenters. The first-order chi connectivity index (χ1) is 23.4. The molecule has 3 aromatic rings. The van der Waals surface area contributed by atoms with Gasteiger partial charge in [0.15, 0.2) is 0 Å². The van der Waals surface area contributed by atoms with Crippen LogP contribution < -0.4 is 16.0 Å². The molecule has 4 amide bonds. The lowest BCUT2D eigenvalue weighted by molar-refractivity contribution is -0.146. The highest BCUT2D eigenvalue weighted by Crippen LogP contribution is 2.45. The summed E-state index contributed by atoms with van der Waals surface area (Å²) in [5.74, 6) is -2.58. The summed E-state index contributed by atoms with van der Waals surface area (Å²) in [6, 6.07) is 16.5. The largest absolute Gasteiger partial charge is 0.479 e. The minimum Gasteiger partial charge on any atom is -0.479 e. The fourth-order valence-electron chi connectivity index (χ4n) is 7.10. The lowest BCUT2D eigenvalue weighted by Crippen LogP contribution is -2.60. The monoisotopic (exact) mass is 667 g/mol. The van der Waals surface area contributed by atoms with Gasteiger partial charge in [-0.15, -0.1) is 6.58 Å². The number of aliphatic carboxylic acids is 1.